The molecule has 0 bridgehead atoms. The lowest BCUT2D eigenvalue weighted by molar-refractivity contribution is -0.151. The first kappa shape index (κ1) is 19.5. The van der Waals surface area contributed by atoms with Crippen LogP contribution in [0.3, 0.4) is 0 Å². The average Bonchev–Trinajstić information content (AvgIpc) is 2.53. The zero-order valence-electron chi connectivity index (χ0n) is 15.4. The molecule has 0 amide bonds. The maximum Gasteiger partial charge on any atom is 0.306 e. The van der Waals surface area contributed by atoms with Gasteiger partial charge in [0.25, 0.3) is 0 Å². The maximum atomic E-state index is 11.8. The van der Waals surface area contributed by atoms with Crippen LogP contribution in [-0.4, -0.2) is 12.1 Å². The van der Waals surface area contributed by atoms with Gasteiger partial charge in [0, 0.05) is 6.42 Å². The highest BCUT2D eigenvalue weighted by Crippen LogP contribution is 2.37. The van der Waals surface area contributed by atoms with E-state index in [4.69, 9.17) is 4.74 Å². The lowest BCUT2D eigenvalue weighted by atomic mass is 9.73. The van der Waals surface area contributed by atoms with Crippen LogP contribution in [-0.2, 0) is 9.53 Å². The van der Waals surface area contributed by atoms with E-state index in [9.17, 15) is 4.79 Å². The van der Waals surface area contributed by atoms with Crippen molar-refractivity contribution in [1.82, 2.24) is 0 Å². The first-order valence-corrected chi connectivity index (χ1v) is 9.77. The van der Waals surface area contributed by atoms with E-state index in [1.54, 1.807) is 0 Å². The molecule has 0 heterocycles. The highest BCUT2D eigenvalue weighted by molar-refractivity contribution is 5.69. The van der Waals surface area contributed by atoms with E-state index in [1.807, 2.05) is 0 Å². The summed E-state index contributed by atoms with van der Waals surface area (Å²) in [5.41, 5.74) is 0. The first-order chi connectivity index (χ1) is 10.6. The topological polar surface area (TPSA) is 26.3 Å². The van der Waals surface area contributed by atoms with Crippen LogP contribution in [0.5, 0.6) is 0 Å². The van der Waals surface area contributed by atoms with Crippen molar-refractivity contribution in [2.75, 3.05) is 0 Å². The molecular weight excluding hydrogens is 272 g/mol. The number of esters is 1. The van der Waals surface area contributed by atoms with Gasteiger partial charge in [-0.05, 0) is 43.9 Å². The number of unbranched alkanes of at least 4 members (excludes halogenated alkanes) is 3. The molecule has 1 fully saturated rings. The molecule has 0 saturated heterocycles. The fourth-order valence-electron chi connectivity index (χ4n) is 3.76. The molecule has 22 heavy (non-hydrogen) atoms. The summed E-state index contributed by atoms with van der Waals surface area (Å²) in [6.07, 6.45) is 13.6. The average molecular weight is 311 g/mol. The van der Waals surface area contributed by atoms with Crippen LogP contribution in [0.4, 0.5) is 0 Å². The Balaban J connectivity index is 2.26. The Bertz CT molecular complexity index is 292. The molecule has 0 aliphatic heterocycles. The van der Waals surface area contributed by atoms with Gasteiger partial charge in [0.2, 0.25) is 0 Å². The summed E-state index contributed by atoms with van der Waals surface area (Å²) in [6.45, 7) is 8.75. The van der Waals surface area contributed by atoms with Gasteiger partial charge in [-0.3, -0.25) is 4.79 Å². The van der Waals surface area contributed by atoms with Gasteiger partial charge in [-0.1, -0.05) is 65.7 Å². The lowest BCUT2D eigenvalue weighted by Gasteiger charge is -2.34. The third kappa shape index (κ3) is 7.15. The molecule has 1 saturated carbocycles. The van der Waals surface area contributed by atoms with Crippen molar-refractivity contribution in [2.24, 2.45) is 17.8 Å². The predicted molar refractivity (Wildman–Crippen MR) is 93.8 cm³/mol. The second-order valence-electron chi connectivity index (χ2n) is 7.43. The fraction of sp³-hybridized carbons (Fsp3) is 0.950. The van der Waals surface area contributed by atoms with E-state index in [-0.39, 0.29) is 12.1 Å². The Kier molecular flexibility index (Phi) is 9.82. The third-order valence-corrected chi connectivity index (χ3v) is 5.64. The monoisotopic (exact) mass is 310 g/mol. The summed E-state index contributed by atoms with van der Waals surface area (Å²) < 4.78 is 5.63. The van der Waals surface area contributed by atoms with Crippen LogP contribution in [0.2, 0.25) is 0 Å². The van der Waals surface area contributed by atoms with Crippen LogP contribution < -0.4 is 0 Å². The minimum Gasteiger partial charge on any atom is -0.462 e. The summed E-state index contributed by atoms with van der Waals surface area (Å²) >= 11 is 0. The van der Waals surface area contributed by atoms with E-state index >= 15 is 0 Å². The molecule has 2 atom stereocenters. The Morgan fingerprint density at radius 1 is 1.00 bits per heavy atom. The lowest BCUT2D eigenvalue weighted by Crippen LogP contribution is -2.30. The Labute approximate surface area is 138 Å². The number of carbonyl (C=O) groups excluding carboxylic acids is 1. The summed E-state index contributed by atoms with van der Waals surface area (Å²) in [5.74, 6) is 2.20. The van der Waals surface area contributed by atoms with Crippen LogP contribution in [0.1, 0.15) is 98.3 Å². The molecule has 0 radical (unpaired) electrons. The molecule has 1 aliphatic rings. The number of carbonyl (C=O) groups is 1. The molecule has 0 spiro atoms. The summed E-state index contributed by atoms with van der Waals surface area (Å²) in [7, 11) is 0. The number of ether oxygens (including phenoxy) is 1. The summed E-state index contributed by atoms with van der Waals surface area (Å²) in [4.78, 5) is 11.8. The molecule has 0 aromatic rings. The van der Waals surface area contributed by atoms with Gasteiger partial charge < -0.3 is 4.74 Å². The highest BCUT2D eigenvalue weighted by atomic mass is 16.5. The van der Waals surface area contributed by atoms with Crippen molar-refractivity contribution in [3.05, 3.63) is 0 Å². The molecule has 1 aliphatic carbocycles. The molecule has 2 nitrogen and oxygen atoms in total. The molecule has 1 rings (SSSR count). The quantitative estimate of drug-likeness (QED) is 0.358. The van der Waals surface area contributed by atoms with Gasteiger partial charge in [-0.25, -0.2) is 0 Å². The van der Waals surface area contributed by atoms with E-state index in [0.717, 1.165) is 24.7 Å². The minimum absolute atomic E-state index is 0.00514. The molecule has 0 aromatic carbocycles. The second-order valence-corrected chi connectivity index (χ2v) is 7.43. The van der Waals surface area contributed by atoms with Gasteiger partial charge in [-0.2, -0.15) is 0 Å². The van der Waals surface area contributed by atoms with Crippen molar-refractivity contribution in [3.63, 3.8) is 0 Å². The molecular formula is C20H38O2. The van der Waals surface area contributed by atoms with Crippen molar-refractivity contribution < 1.29 is 9.53 Å². The largest absolute Gasteiger partial charge is 0.462 e. The van der Waals surface area contributed by atoms with E-state index in [0.29, 0.717) is 12.3 Å². The third-order valence-electron chi connectivity index (χ3n) is 5.64. The van der Waals surface area contributed by atoms with Crippen molar-refractivity contribution in [3.8, 4) is 0 Å². The SMILES string of the molecule is CCCCCC1CCC(C(C)C(C)OC(=O)CCCC)CC1. The molecule has 0 N–H and O–H groups in total. The van der Waals surface area contributed by atoms with E-state index in [1.165, 1.54) is 51.4 Å². The van der Waals surface area contributed by atoms with Crippen LogP contribution in [0.25, 0.3) is 0 Å². The van der Waals surface area contributed by atoms with Gasteiger partial charge in [-0.15, -0.1) is 0 Å². The van der Waals surface area contributed by atoms with E-state index < -0.39 is 0 Å². The van der Waals surface area contributed by atoms with Crippen molar-refractivity contribution >= 4 is 5.97 Å². The van der Waals surface area contributed by atoms with Crippen LogP contribution in [0.15, 0.2) is 0 Å². The molecule has 2 unspecified atom stereocenters. The van der Waals surface area contributed by atoms with Gasteiger partial charge in [0.1, 0.15) is 6.10 Å². The fourth-order valence-corrected chi connectivity index (χ4v) is 3.76. The first-order valence-electron chi connectivity index (χ1n) is 9.77. The molecule has 130 valence electrons. The van der Waals surface area contributed by atoms with Gasteiger partial charge >= 0.3 is 5.97 Å². The molecule has 2 heteroatoms. The number of hydrogen-bond acceptors (Lipinski definition) is 2. The van der Waals surface area contributed by atoms with Crippen LogP contribution >= 0.6 is 0 Å². The number of hydrogen-bond donors (Lipinski definition) is 0. The summed E-state index contributed by atoms with van der Waals surface area (Å²) in [5, 5.41) is 0. The standard InChI is InChI=1S/C20H38O2/c1-5-7-9-10-18-12-14-19(15-13-18)16(3)17(4)22-20(21)11-8-6-2/h16-19H,5-15H2,1-4H3. The minimum atomic E-state index is -0.00514. The van der Waals surface area contributed by atoms with Crippen molar-refractivity contribution in [2.45, 2.75) is 104 Å². The smallest absolute Gasteiger partial charge is 0.306 e. The predicted octanol–water partition coefficient (Wildman–Crippen LogP) is 6.13. The summed E-state index contributed by atoms with van der Waals surface area (Å²) in [6, 6.07) is 0. The zero-order valence-corrected chi connectivity index (χ0v) is 15.4. The second kappa shape index (κ2) is 11.1. The van der Waals surface area contributed by atoms with Gasteiger partial charge in [0.05, 0.1) is 0 Å². The highest BCUT2D eigenvalue weighted by Gasteiger charge is 2.29. The van der Waals surface area contributed by atoms with E-state index in [2.05, 4.69) is 27.7 Å². The van der Waals surface area contributed by atoms with Crippen molar-refractivity contribution in [1.29, 1.82) is 0 Å². The Morgan fingerprint density at radius 3 is 2.23 bits per heavy atom. The van der Waals surface area contributed by atoms with Gasteiger partial charge in [0.15, 0.2) is 0 Å². The van der Waals surface area contributed by atoms with Crippen LogP contribution in [0, 0.1) is 17.8 Å². The zero-order chi connectivity index (χ0) is 16.4. The molecule has 0 aromatic heterocycles. The Hall–Kier alpha value is -0.530. The maximum absolute atomic E-state index is 11.8. The normalized spacial score (nSPS) is 24.7. The Morgan fingerprint density at radius 2 is 1.64 bits per heavy atom. The number of rotatable bonds is 10.